The van der Waals surface area contributed by atoms with Crippen molar-refractivity contribution >= 4 is 23.2 Å². The zero-order valence-electron chi connectivity index (χ0n) is 17.1. The van der Waals surface area contributed by atoms with Gasteiger partial charge < -0.3 is 10.1 Å². The standard InChI is InChI=1S/C23H23ClN4O2/c1-13-19-11-7-15-6-10-18(30-3)12-20(15)21(16-4-8-17(24)9-5-16)26-23(25-14(2)29)22(19)28-27-13/h4-6,8-10,12,23H,7,11H2,1-3H3,(H,25,29)(H,27,28). The molecule has 2 aromatic carbocycles. The lowest BCUT2D eigenvalue weighted by molar-refractivity contribution is -0.119. The lowest BCUT2D eigenvalue weighted by atomic mass is 9.93. The first-order valence-corrected chi connectivity index (χ1v) is 10.2. The summed E-state index contributed by atoms with van der Waals surface area (Å²) in [4.78, 5) is 17.0. The summed E-state index contributed by atoms with van der Waals surface area (Å²) in [7, 11) is 1.65. The predicted molar refractivity (Wildman–Crippen MR) is 117 cm³/mol. The Hall–Kier alpha value is -3.12. The molecule has 1 aliphatic heterocycles. The van der Waals surface area contributed by atoms with Gasteiger partial charge in [-0.3, -0.25) is 14.9 Å². The third kappa shape index (κ3) is 3.96. The molecule has 0 bridgehead atoms. The van der Waals surface area contributed by atoms with Crippen molar-refractivity contribution in [1.29, 1.82) is 0 Å². The van der Waals surface area contributed by atoms with Gasteiger partial charge in [-0.15, -0.1) is 0 Å². The van der Waals surface area contributed by atoms with E-state index in [2.05, 4.69) is 21.6 Å². The summed E-state index contributed by atoms with van der Waals surface area (Å²) in [5, 5.41) is 11.1. The number of hydrogen-bond donors (Lipinski definition) is 2. The minimum absolute atomic E-state index is 0.170. The maximum Gasteiger partial charge on any atom is 0.218 e. The van der Waals surface area contributed by atoms with Crippen LogP contribution in [0.25, 0.3) is 0 Å². The molecule has 1 unspecified atom stereocenters. The lowest BCUT2D eigenvalue weighted by Gasteiger charge is -2.17. The van der Waals surface area contributed by atoms with Crippen molar-refractivity contribution in [3.63, 3.8) is 0 Å². The number of nitrogens with one attached hydrogen (secondary N) is 2. The monoisotopic (exact) mass is 422 g/mol. The number of aliphatic imine (C=N–C) groups is 1. The van der Waals surface area contributed by atoms with Gasteiger partial charge in [-0.2, -0.15) is 5.10 Å². The van der Waals surface area contributed by atoms with Crippen LogP contribution in [-0.4, -0.2) is 28.9 Å². The van der Waals surface area contributed by atoms with E-state index in [-0.39, 0.29) is 5.91 Å². The molecule has 30 heavy (non-hydrogen) atoms. The van der Waals surface area contributed by atoms with Crippen LogP contribution in [0.3, 0.4) is 0 Å². The highest BCUT2D eigenvalue weighted by Gasteiger charge is 2.25. The molecule has 1 aromatic heterocycles. The first kappa shape index (κ1) is 20.2. The van der Waals surface area contributed by atoms with Gasteiger partial charge in [-0.05, 0) is 49.6 Å². The fourth-order valence-corrected chi connectivity index (χ4v) is 3.91. The molecular formula is C23H23ClN4O2. The van der Waals surface area contributed by atoms with Crippen molar-refractivity contribution in [2.24, 2.45) is 4.99 Å². The normalized spacial score (nSPS) is 15.7. The summed E-state index contributed by atoms with van der Waals surface area (Å²) in [6.45, 7) is 3.48. The van der Waals surface area contributed by atoms with E-state index in [0.717, 1.165) is 57.9 Å². The number of aromatic amines is 1. The average Bonchev–Trinajstić information content (AvgIpc) is 3.12. The van der Waals surface area contributed by atoms with E-state index >= 15 is 0 Å². The number of ether oxygens (including phenoxy) is 1. The molecule has 0 fully saturated rings. The van der Waals surface area contributed by atoms with E-state index in [4.69, 9.17) is 21.3 Å². The summed E-state index contributed by atoms with van der Waals surface area (Å²) in [6.07, 6.45) is 0.994. The zero-order chi connectivity index (χ0) is 21.3. The Labute approximate surface area is 180 Å². The Balaban J connectivity index is 1.98. The Morgan fingerprint density at radius 3 is 2.67 bits per heavy atom. The van der Waals surface area contributed by atoms with Crippen LogP contribution in [0.15, 0.2) is 47.5 Å². The first-order chi connectivity index (χ1) is 14.5. The molecule has 0 aliphatic carbocycles. The van der Waals surface area contributed by atoms with Crippen LogP contribution in [0.4, 0.5) is 0 Å². The second kappa shape index (κ2) is 8.32. The van der Waals surface area contributed by atoms with Gasteiger partial charge in [-0.25, -0.2) is 0 Å². The summed E-state index contributed by atoms with van der Waals surface area (Å²) < 4.78 is 5.48. The number of carbonyl (C=O) groups is 1. The third-order valence-electron chi connectivity index (χ3n) is 5.30. The lowest BCUT2D eigenvalue weighted by Crippen LogP contribution is -2.27. The number of H-pyrrole nitrogens is 1. The fraction of sp³-hybridized carbons (Fsp3) is 0.261. The van der Waals surface area contributed by atoms with E-state index in [1.165, 1.54) is 6.92 Å². The topological polar surface area (TPSA) is 79.4 Å². The van der Waals surface area contributed by atoms with Gasteiger partial charge >= 0.3 is 0 Å². The number of methoxy groups -OCH3 is 1. The van der Waals surface area contributed by atoms with Crippen molar-refractivity contribution in [2.75, 3.05) is 7.11 Å². The first-order valence-electron chi connectivity index (χ1n) is 9.78. The maximum atomic E-state index is 12.0. The second-order valence-corrected chi connectivity index (χ2v) is 7.76. The molecule has 1 atom stereocenters. The van der Waals surface area contributed by atoms with Crippen molar-refractivity contribution < 1.29 is 9.53 Å². The summed E-state index contributed by atoms with van der Waals surface area (Å²) in [6, 6.07) is 13.6. The number of carbonyl (C=O) groups excluding carboxylic acids is 1. The van der Waals surface area contributed by atoms with Gasteiger partial charge in [0, 0.05) is 34.3 Å². The number of fused-ring (bicyclic) bond motifs is 2. The van der Waals surface area contributed by atoms with Crippen molar-refractivity contribution in [3.05, 3.63) is 81.1 Å². The molecule has 0 spiro atoms. The number of nitrogens with zero attached hydrogens (tertiary/aromatic N) is 2. The van der Waals surface area contributed by atoms with E-state index in [1.54, 1.807) is 7.11 Å². The van der Waals surface area contributed by atoms with Crippen LogP contribution >= 0.6 is 11.6 Å². The van der Waals surface area contributed by atoms with Crippen LogP contribution in [0, 0.1) is 6.92 Å². The highest BCUT2D eigenvalue weighted by molar-refractivity contribution is 6.30. The second-order valence-electron chi connectivity index (χ2n) is 7.32. The fourth-order valence-electron chi connectivity index (χ4n) is 3.78. The van der Waals surface area contributed by atoms with Crippen molar-refractivity contribution in [3.8, 4) is 5.75 Å². The molecule has 0 saturated carbocycles. The van der Waals surface area contributed by atoms with E-state index in [1.807, 2.05) is 43.3 Å². The Kier molecular flexibility index (Phi) is 5.59. The molecule has 154 valence electrons. The molecule has 0 saturated heterocycles. The maximum absolute atomic E-state index is 12.0. The summed E-state index contributed by atoms with van der Waals surface area (Å²) in [5.74, 6) is 0.580. The number of benzene rings is 2. The highest BCUT2D eigenvalue weighted by atomic mass is 35.5. The molecule has 1 amide bonds. The van der Waals surface area contributed by atoms with Gasteiger partial charge in [0.2, 0.25) is 5.91 Å². The Morgan fingerprint density at radius 1 is 1.20 bits per heavy atom. The molecule has 6 nitrogen and oxygen atoms in total. The molecule has 0 radical (unpaired) electrons. The third-order valence-corrected chi connectivity index (χ3v) is 5.55. The summed E-state index contributed by atoms with van der Waals surface area (Å²) >= 11 is 6.12. The highest BCUT2D eigenvalue weighted by Crippen LogP contribution is 2.30. The minimum Gasteiger partial charge on any atom is -0.497 e. The van der Waals surface area contributed by atoms with Crippen LogP contribution in [0.1, 0.15) is 46.7 Å². The number of halogens is 1. The number of hydrogen-bond acceptors (Lipinski definition) is 4. The quantitative estimate of drug-likeness (QED) is 0.665. The smallest absolute Gasteiger partial charge is 0.218 e. The average molecular weight is 423 g/mol. The van der Waals surface area contributed by atoms with Crippen molar-refractivity contribution in [2.45, 2.75) is 32.9 Å². The number of amides is 1. The molecular weight excluding hydrogens is 400 g/mol. The van der Waals surface area contributed by atoms with Crippen molar-refractivity contribution in [1.82, 2.24) is 15.5 Å². The SMILES string of the molecule is COc1ccc2c(c1)C(c1ccc(Cl)cc1)=NC(NC(C)=O)c1n[nH]c(C)c1CC2. The Bertz CT molecular complexity index is 1120. The minimum atomic E-state index is -0.606. The van der Waals surface area contributed by atoms with Gasteiger partial charge in [-0.1, -0.05) is 29.8 Å². The Morgan fingerprint density at radius 2 is 1.97 bits per heavy atom. The molecule has 2 heterocycles. The molecule has 2 N–H and O–H groups in total. The van der Waals surface area contributed by atoms with Gasteiger partial charge in [0.25, 0.3) is 0 Å². The number of aryl methyl sites for hydroxylation is 2. The van der Waals surface area contributed by atoms with E-state index < -0.39 is 6.17 Å². The largest absolute Gasteiger partial charge is 0.497 e. The number of aromatic nitrogens is 2. The van der Waals surface area contributed by atoms with E-state index in [9.17, 15) is 4.79 Å². The molecule has 1 aliphatic rings. The molecule has 4 rings (SSSR count). The van der Waals surface area contributed by atoms with Gasteiger partial charge in [0.05, 0.1) is 12.8 Å². The van der Waals surface area contributed by atoms with Gasteiger partial charge in [0.1, 0.15) is 11.4 Å². The number of rotatable bonds is 3. The molecule has 3 aromatic rings. The van der Waals surface area contributed by atoms with Crippen LogP contribution in [-0.2, 0) is 17.6 Å². The van der Waals surface area contributed by atoms with Gasteiger partial charge in [0.15, 0.2) is 6.17 Å². The summed E-state index contributed by atoms with van der Waals surface area (Å²) in [5.41, 5.74) is 6.59. The van der Waals surface area contributed by atoms with Crippen LogP contribution in [0.2, 0.25) is 5.02 Å². The predicted octanol–water partition coefficient (Wildman–Crippen LogP) is 4.15. The molecule has 7 heteroatoms. The van der Waals surface area contributed by atoms with Crippen LogP contribution in [0.5, 0.6) is 5.75 Å². The van der Waals surface area contributed by atoms with E-state index in [0.29, 0.717) is 5.02 Å². The van der Waals surface area contributed by atoms with Crippen LogP contribution < -0.4 is 10.1 Å². The zero-order valence-corrected chi connectivity index (χ0v) is 17.9.